The van der Waals surface area contributed by atoms with Gasteiger partial charge in [-0.1, -0.05) is 56.7 Å². The van der Waals surface area contributed by atoms with E-state index in [9.17, 15) is 31.5 Å². The standard InChI is InChI=1S/C36H47F5O7S/c1-44-26-16-14-25(15-17-26)34(49-5)24-48-30-23-27(45-2)18-19-28(30)29(34)13-10-8-6-7-9-11-20-33(31(42)46-3,32(43)47-4)21-12-22-35(37,38)36(39,40)41/h14-19,23,29H,6-13,20-22,24H2,1-5H3. The number of unbranched alkanes of at least 4 members (excludes halogenated alkanes) is 5. The first-order valence-corrected chi connectivity index (χ1v) is 17.6. The maximum Gasteiger partial charge on any atom is 0.453 e. The fourth-order valence-corrected chi connectivity index (χ4v) is 7.78. The summed E-state index contributed by atoms with van der Waals surface area (Å²) in [5.41, 5.74) is 0.314. The molecule has 0 N–H and O–H groups in total. The van der Waals surface area contributed by atoms with Crippen LogP contribution in [0.4, 0.5) is 22.0 Å². The van der Waals surface area contributed by atoms with Gasteiger partial charge in [0.25, 0.3) is 0 Å². The molecule has 49 heavy (non-hydrogen) atoms. The van der Waals surface area contributed by atoms with Crippen LogP contribution in [0, 0.1) is 5.41 Å². The van der Waals surface area contributed by atoms with E-state index in [-0.39, 0.29) is 17.1 Å². The van der Waals surface area contributed by atoms with Crippen molar-refractivity contribution in [2.24, 2.45) is 5.41 Å². The lowest BCUT2D eigenvalue weighted by molar-refractivity contribution is -0.284. The molecule has 0 aliphatic carbocycles. The molecule has 1 aliphatic heterocycles. The second kappa shape index (κ2) is 17.6. The van der Waals surface area contributed by atoms with E-state index in [2.05, 4.69) is 24.5 Å². The summed E-state index contributed by atoms with van der Waals surface area (Å²) in [5.74, 6) is -4.48. The van der Waals surface area contributed by atoms with Gasteiger partial charge in [0.1, 0.15) is 23.9 Å². The molecule has 1 aliphatic rings. The van der Waals surface area contributed by atoms with Crippen molar-refractivity contribution in [1.29, 1.82) is 0 Å². The number of hydrogen-bond acceptors (Lipinski definition) is 8. The highest BCUT2D eigenvalue weighted by Crippen LogP contribution is 2.55. The molecular formula is C36H47F5O7S. The van der Waals surface area contributed by atoms with Gasteiger partial charge in [-0.05, 0) is 61.3 Å². The van der Waals surface area contributed by atoms with Gasteiger partial charge in [0.15, 0.2) is 5.41 Å². The molecule has 0 aromatic heterocycles. The van der Waals surface area contributed by atoms with Crippen LogP contribution in [0.3, 0.4) is 0 Å². The zero-order valence-corrected chi connectivity index (χ0v) is 29.6. The largest absolute Gasteiger partial charge is 0.497 e. The van der Waals surface area contributed by atoms with Gasteiger partial charge in [-0.3, -0.25) is 9.59 Å². The fourth-order valence-electron chi connectivity index (χ4n) is 6.70. The number of fused-ring (bicyclic) bond motifs is 1. The number of halogens is 5. The second-order valence-electron chi connectivity index (χ2n) is 12.3. The Morgan fingerprint density at radius 2 is 1.33 bits per heavy atom. The molecule has 0 radical (unpaired) electrons. The van der Waals surface area contributed by atoms with Crippen LogP contribution in [-0.2, 0) is 23.8 Å². The normalized spacial score (nSPS) is 17.9. The maximum absolute atomic E-state index is 13.6. The topological polar surface area (TPSA) is 80.3 Å². The third-order valence-electron chi connectivity index (χ3n) is 9.55. The zero-order valence-electron chi connectivity index (χ0n) is 28.8. The quantitative estimate of drug-likeness (QED) is 0.0616. The summed E-state index contributed by atoms with van der Waals surface area (Å²) in [4.78, 5) is 25.4. The van der Waals surface area contributed by atoms with E-state index in [1.165, 1.54) is 0 Å². The zero-order chi connectivity index (χ0) is 36.3. The second-order valence-corrected chi connectivity index (χ2v) is 13.5. The Labute approximate surface area is 289 Å². The Balaban J connectivity index is 1.63. The summed E-state index contributed by atoms with van der Waals surface area (Å²) in [6, 6.07) is 14.0. The number of rotatable bonds is 19. The van der Waals surface area contributed by atoms with Crippen LogP contribution in [0.15, 0.2) is 42.5 Å². The van der Waals surface area contributed by atoms with Crippen molar-refractivity contribution in [2.75, 3.05) is 41.3 Å². The molecule has 1 heterocycles. The molecule has 2 unspecified atom stereocenters. The van der Waals surface area contributed by atoms with Crippen molar-refractivity contribution in [1.82, 2.24) is 0 Å². The van der Waals surface area contributed by atoms with E-state index in [0.717, 1.165) is 74.7 Å². The molecule has 0 spiro atoms. The van der Waals surface area contributed by atoms with E-state index in [1.807, 2.05) is 24.3 Å². The van der Waals surface area contributed by atoms with Crippen LogP contribution in [0.2, 0.25) is 0 Å². The van der Waals surface area contributed by atoms with Gasteiger partial charge in [-0.15, -0.1) is 11.8 Å². The first-order valence-electron chi connectivity index (χ1n) is 16.4. The van der Waals surface area contributed by atoms with Crippen molar-refractivity contribution in [3.8, 4) is 17.2 Å². The van der Waals surface area contributed by atoms with Crippen molar-refractivity contribution in [2.45, 2.75) is 93.4 Å². The minimum Gasteiger partial charge on any atom is -0.497 e. The number of esters is 2. The summed E-state index contributed by atoms with van der Waals surface area (Å²) >= 11 is 1.76. The van der Waals surface area contributed by atoms with Gasteiger partial charge in [-0.25, -0.2) is 0 Å². The molecule has 2 atom stereocenters. The van der Waals surface area contributed by atoms with E-state index < -0.39 is 48.7 Å². The Hall–Kier alpha value is -3.22. The van der Waals surface area contributed by atoms with Crippen LogP contribution >= 0.6 is 11.8 Å². The highest BCUT2D eigenvalue weighted by Gasteiger charge is 2.57. The third-order valence-corrected chi connectivity index (χ3v) is 10.9. The molecular weight excluding hydrogens is 671 g/mol. The van der Waals surface area contributed by atoms with E-state index in [0.29, 0.717) is 19.4 Å². The van der Waals surface area contributed by atoms with Crippen molar-refractivity contribution in [3.05, 3.63) is 53.6 Å². The summed E-state index contributed by atoms with van der Waals surface area (Å²) in [5, 5.41) is 0. The van der Waals surface area contributed by atoms with Crippen LogP contribution < -0.4 is 14.2 Å². The number of hydrogen-bond donors (Lipinski definition) is 0. The average molecular weight is 719 g/mol. The summed E-state index contributed by atoms with van der Waals surface area (Å²) < 4.78 is 91.6. The Kier molecular flexibility index (Phi) is 14.5. The van der Waals surface area contributed by atoms with Crippen LogP contribution in [-0.4, -0.2) is 65.3 Å². The first-order chi connectivity index (χ1) is 23.2. The van der Waals surface area contributed by atoms with E-state index >= 15 is 0 Å². The van der Waals surface area contributed by atoms with Crippen molar-refractivity contribution < 1.29 is 55.2 Å². The molecule has 274 valence electrons. The summed E-state index contributed by atoms with van der Waals surface area (Å²) in [6.45, 7) is 0.487. The van der Waals surface area contributed by atoms with Crippen molar-refractivity contribution in [3.63, 3.8) is 0 Å². The molecule has 2 aromatic carbocycles. The van der Waals surface area contributed by atoms with Gasteiger partial charge in [0.05, 0.1) is 33.2 Å². The van der Waals surface area contributed by atoms with Crippen molar-refractivity contribution >= 4 is 23.7 Å². The molecule has 7 nitrogen and oxygen atoms in total. The molecule has 0 saturated carbocycles. The minimum absolute atomic E-state index is 0.0790. The van der Waals surface area contributed by atoms with E-state index in [4.69, 9.17) is 23.7 Å². The number of benzene rings is 2. The number of alkyl halides is 5. The van der Waals surface area contributed by atoms with Crippen LogP contribution in [0.1, 0.15) is 87.7 Å². The van der Waals surface area contributed by atoms with Gasteiger partial charge >= 0.3 is 24.0 Å². The van der Waals surface area contributed by atoms with Crippen LogP contribution in [0.25, 0.3) is 0 Å². The smallest absolute Gasteiger partial charge is 0.453 e. The third kappa shape index (κ3) is 9.32. The van der Waals surface area contributed by atoms with Gasteiger partial charge in [0, 0.05) is 18.4 Å². The Bertz CT molecular complexity index is 1350. The predicted molar refractivity (Wildman–Crippen MR) is 178 cm³/mol. The highest BCUT2D eigenvalue weighted by atomic mass is 32.2. The molecule has 0 saturated heterocycles. The summed E-state index contributed by atoms with van der Waals surface area (Å²) in [6.07, 6.45) is -1.14. The SMILES string of the molecule is COC(=O)C(CCCCCCCCC1c2ccc(OC)cc2OCC1(SC)c1ccc(OC)cc1)(CCCC(F)(F)C(F)(F)F)C(=O)OC. The van der Waals surface area contributed by atoms with E-state index in [1.54, 1.807) is 26.0 Å². The molecule has 0 amide bonds. The predicted octanol–water partition coefficient (Wildman–Crippen LogP) is 9.26. The summed E-state index contributed by atoms with van der Waals surface area (Å²) in [7, 11) is 5.34. The average Bonchev–Trinajstić information content (AvgIpc) is 3.10. The highest BCUT2D eigenvalue weighted by molar-refractivity contribution is 7.99. The number of carbonyl (C=O) groups is 2. The molecule has 2 aromatic rings. The lowest BCUT2D eigenvalue weighted by Crippen LogP contribution is -2.42. The molecule has 0 bridgehead atoms. The lowest BCUT2D eigenvalue weighted by Gasteiger charge is -2.44. The first kappa shape index (κ1) is 40.2. The minimum atomic E-state index is -5.72. The monoisotopic (exact) mass is 718 g/mol. The van der Waals surface area contributed by atoms with Gasteiger partial charge in [-0.2, -0.15) is 22.0 Å². The van der Waals surface area contributed by atoms with Gasteiger partial charge in [0.2, 0.25) is 0 Å². The fraction of sp³-hybridized carbons (Fsp3) is 0.611. The molecule has 0 fully saturated rings. The number of carbonyl (C=O) groups excluding carboxylic acids is 2. The Morgan fingerprint density at radius 3 is 1.88 bits per heavy atom. The lowest BCUT2D eigenvalue weighted by atomic mass is 9.76. The maximum atomic E-state index is 13.6. The number of thioether (sulfide) groups is 1. The van der Waals surface area contributed by atoms with Crippen LogP contribution in [0.5, 0.6) is 17.2 Å². The molecule has 3 rings (SSSR count). The Morgan fingerprint density at radius 1 is 0.776 bits per heavy atom. The molecule has 13 heteroatoms. The van der Waals surface area contributed by atoms with Gasteiger partial charge < -0.3 is 23.7 Å². The number of ether oxygens (including phenoxy) is 5. The number of methoxy groups -OCH3 is 4.